The summed E-state index contributed by atoms with van der Waals surface area (Å²) in [6.45, 7) is 2.21. The lowest BCUT2D eigenvalue weighted by atomic mass is 10.0. The average molecular weight is 377 g/mol. The van der Waals surface area contributed by atoms with E-state index in [9.17, 15) is 0 Å². The van der Waals surface area contributed by atoms with Gasteiger partial charge in [-0.1, -0.05) is 28.1 Å². The molecule has 2 unspecified atom stereocenters. The Bertz CT molecular complexity index is 645. The van der Waals surface area contributed by atoms with E-state index in [4.69, 9.17) is 10.1 Å². The maximum absolute atomic E-state index is 5.58. The van der Waals surface area contributed by atoms with Crippen molar-refractivity contribution in [2.75, 3.05) is 33.9 Å². The van der Waals surface area contributed by atoms with Crippen LogP contribution in [0.3, 0.4) is 0 Å². The van der Waals surface area contributed by atoms with Gasteiger partial charge in [-0.05, 0) is 43.9 Å². The molecule has 3 rings (SSSR count). The van der Waals surface area contributed by atoms with Crippen LogP contribution >= 0.6 is 15.9 Å². The molecule has 5 heteroatoms. The molecule has 0 amide bonds. The van der Waals surface area contributed by atoms with E-state index in [1.165, 1.54) is 17.0 Å². The Kier molecular flexibility index (Phi) is 5.21. The van der Waals surface area contributed by atoms with Gasteiger partial charge in [0.1, 0.15) is 0 Å². The zero-order chi connectivity index (χ0) is 16.4. The van der Waals surface area contributed by atoms with E-state index in [-0.39, 0.29) is 12.1 Å². The molecule has 2 aromatic rings. The topological polar surface area (TPSA) is 31.5 Å². The van der Waals surface area contributed by atoms with E-state index in [1.807, 2.05) is 0 Å². The van der Waals surface area contributed by atoms with Crippen molar-refractivity contribution in [2.45, 2.75) is 12.1 Å². The number of hydrogen-bond donors (Lipinski definition) is 0. The zero-order valence-electron chi connectivity index (χ0n) is 13.9. The summed E-state index contributed by atoms with van der Waals surface area (Å²) in [4.78, 5) is 2.25. The number of aromatic nitrogens is 1. The van der Waals surface area contributed by atoms with Crippen molar-refractivity contribution in [2.24, 2.45) is 7.05 Å². The highest BCUT2D eigenvalue weighted by atomic mass is 79.9. The van der Waals surface area contributed by atoms with Crippen LogP contribution in [0, 0.1) is 0 Å². The highest BCUT2D eigenvalue weighted by Crippen LogP contribution is 2.30. The van der Waals surface area contributed by atoms with Gasteiger partial charge < -0.3 is 9.30 Å². The molecule has 1 aromatic heterocycles. The molecule has 0 aliphatic carbocycles. The minimum absolute atomic E-state index is 0.148. The van der Waals surface area contributed by atoms with E-state index in [1.54, 1.807) is 0 Å². The Hall–Kier alpha value is -1.14. The molecule has 4 nitrogen and oxygen atoms in total. The molecule has 1 aliphatic heterocycles. The summed E-state index contributed by atoms with van der Waals surface area (Å²) in [5.41, 5.74) is 3.78. The van der Waals surface area contributed by atoms with Crippen LogP contribution in [0.15, 0.2) is 40.9 Å². The van der Waals surface area contributed by atoms with E-state index in [2.05, 4.69) is 82.9 Å². The fourth-order valence-electron chi connectivity index (χ4n) is 3.23. The number of halogens is 1. The van der Waals surface area contributed by atoms with Crippen LogP contribution in [0.4, 0.5) is 0 Å². The van der Waals surface area contributed by atoms with Crippen molar-refractivity contribution in [3.63, 3.8) is 0 Å². The fraction of sp³-hybridized carbons (Fsp3) is 0.444. The molecule has 1 aromatic carbocycles. The second kappa shape index (κ2) is 7.18. The molecule has 123 valence electrons. The van der Waals surface area contributed by atoms with Crippen molar-refractivity contribution in [3.8, 4) is 0 Å². The third-order valence-corrected chi connectivity index (χ3v) is 4.91. The summed E-state index contributed by atoms with van der Waals surface area (Å²) < 4.78 is 8.96. The summed E-state index contributed by atoms with van der Waals surface area (Å²) in [5, 5.41) is 4.70. The quantitative estimate of drug-likeness (QED) is 0.820. The molecule has 0 spiro atoms. The molecule has 23 heavy (non-hydrogen) atoms. The SMILES string of the molecule is CN(C)C(c1ccc(Br)cc1)c1ccc(C2COCC[N]2)n1C. The van der Waals surface area contributed by atoms with Crippen molar-refractivity contribution < 1.29 is 4.74 Å². The number of nitrogens with zero attached hydrogens (tertiary/aromatic N) is 3. The molecule has 1 fully saturated rings. The summed E-state index contributed by atoms with van der Waals surface area (Å²) in [6.07, 6.45) is 0. The highest BCUT2D eigenvalue weighted by Gasteiger charge is 2.25. The summed E-state index contributed by atoms with van der Waals surface area (Å²) in [6, 6.07) is 13.3. The Labute approximate surface area is 146 Å². The van der Waals surface area contributed by atoms with Crippen molar-refractivity contribution in [1.29, 1.82) is 0 Å². The van der Waals surface area contributed by atoms with E-state index < -0.39 is 0 Å². The second-order valence-corrected chi connectivity index (χ2v) is 7.07. The molecular formula is C18H23BrN3O. The van der Waals surface area contributed by atoms with E-state index in [0.29, 0.717) is 6.61 Å². The predicted octanol–water partition coefficient (Wildman–Crippen LogP) is 3.11. The van der Waals surface area contributed by atoms with Gasteiger partial charge in [0, 0.05) is 29.5 Å². The molecule has 0 bridgehead atoms. The third-order valence-electron chi connectivity index (χ3n) is 4.38. The van der Waals surface area contributed by atoms with Crippen molar-refractivity contribution in [3.05, 3.63) is 57.8 Å². The summed E-state index contributed by atoms with van der Waals surface area (Å²) in [5.74, 6) is 0. The van der Waals surface area contributed by atoms with Gasteiger partial charge in [0.15, 0.2) is 0 Å². The van der Waals surface area contributed by atoms with Gasteiger partial charge in [-0.3, -0.25) is 4.90 Å². The van der Waals surface area contributed by atoms with Crippen molar-refractivity contribution >= 4 is 15.9 Å². The first-order valence-electron chi connectivity index (χ1n) is 7.89. The number of ether oxygens (including phenoxy) is 1. The first kappa shape index (κ1) is 16.7. The van der Waals surface area contributed by atoms with Crippen LogP contribution in [-0.4, -0.2) is 43.3 Å². The van der Waals surface area contributed by atoms with E-state index in [0.717, 1.165) is 17.6 Å². The van der Waals surface area contributed by atoms with Gasteiger partial charge in [0.05, 0.1) is 25.3 Å². The largest absolute Gasteiger partial charge is 0.378 e. The Morgan fingerprint density at radius 3 is 2.57 bits per heavy atom. The maximum Gasteiger partial charge on any atom is 0.0881 e. The molecule has 1 saturated heterocycles. The normalized spacial score (nSPS) is 20.0. The zero-order valence-corrected chi connectivity index (χ0v) is 15.5. The standard InChI is InChI=1S/C18H23BrN3O/c1-21(2)18(13-4-6-14(19)7-5-13)17-9-8-16(22(17)3)15-12-23-11-10-20-15/h4-9,15,18H,10-12H2,1-3H3. The van der Waals surface area contributed by atoms with Crippen LogP contribution in [0.5, 0.6) is 0 Å². The molecular weight excluding hydrogens is 354 g/mol. The number of morpholine rings is 1. The average Bonchev–Trinajstić information content (AvgIpc) is 2.92. The van der Waals surface area contributed by atoms with Crippen LogP contribution < -0.4 is 5.32 Å². The van der Waals surface area contributed by atoms with Crippen LogP contribution in [-0.2, 0) is 11.8 Å². The molecule has 0 N–H and O–H groups in total. The Morgan fingerprint density at radius 1 is 1.22 bits per heavy atom. The first-order valence-corrected chi connectivity index (χ1v) is 8.69. The Morgan fingerprint density at radius 2 is 1.96 bits per heavy atom. The van der Waals surface area contributed by atoms with Gasteiger partial charge in [0.25, 0.3) is 0 Å². The van der Waals surface area contributed by atoms with Gasteiger partial charge in [-0.25, -0.2) is 5.32 Å². The fourth-order valence-corrected chi connectivity index (χ4v) is 3.50. The van der Waals surface area contributed by atoms with Crippen LogP contribution in [0.25, 0.3) is 0 Å². The lowest BCUT2D eigenvalue weighted by Crippen LogP contribution is -2.31. The molecule has 1 radical (unpaired) electrons. The van der Waals surface area contributed by atoms with Gasteiger partial charge >= 0.3 is 0 Å². The molecule has 2 heterocycles. The minimum Gasteiger partial charge on any atom is -0.378 e. The monoisotopic (exact) mass is 376 g/mol. The minimum atomic E-state index is 0.148. The first-order chi connectivity index (χ1) is 11.1. The predicted molar refractivity (Wildman–Crippen MR) is 95.6 cm³/mol. The van der Waals surface area contributed by atoms with Gasteiger partial charge in [0.2, 0.25) is 0 Å². The molecule has 0 saturated carbocycles. The number of benzene rings is 1. The number of hydrogen-bond acceptors (Lipinski definition) is 2. The third kappa shape index (κ3) is 3.53. The Balaban J connectivity index is 1.94. The van der Waals surface area contributed by atoms with Gasteiger partial charge in [-0.15, -0.1) is 0 Å². The van der Waals surface area contributed by atoms with Crippen LogP contribution in [0.1, 0.15) is 29.0 Å². The smallest absolute Gasteiger partial charge is 0.0881 e. The second-order valence-electron chi connectivity index (χ2n) is 6.16. The maximum atomic E-state index is 5.58. The lowest BCUT2D eigenvalue weighted by Gasteiger charge is -2.28. The lowest BCUT2D eigenvalue weighted by molar-refractivity contribution is 0.0722. The summed E-state index contributed by atoms with van der Waals surface area (Å²) in [7, 11) is 6.37. The molecule has 1 aliphatic rings. The van der Waals surface area contributed by atoms with E-state index >= 15 is 0 Å². The van der Waals surface area contributed by atoms with Gasteiger partial charge in [-0.2, -0.15) is 0 Å². The summed E-state index contributed by atoms with van der Waals surface area (Å²) >= 11 is 3.51. The van der Waals surface area contributed by atoms with Crippen LogP contribution in [0.2, 0.25) is 0 Å². The molecule has 2 atom stereocenters. The van der Waals surface area contributed by atoms with Crippen molar-refractivity contribution in [1.82, 2.24) is 14.8 Å². The number of rotatable bonds is 4. The highest BCUT2D eigenvalue weighted by molar-refractivity contribution is 9.10.